The average Bonchev–Trinajstić information content (AvgIpc) is 3.18. The number of rotatable bonds is 6. The number of ether oxygens (including phenoxy) is 1. The van der Waals surface area contributed by atoms with E-state index in [4.69, 9.17) is 9.15 Å². The molecule has 0 aliphatic heterocycles. The van der Waals surface area contributed by atoms with E-state index in [9.17, 15) is 9.18 Å². The molecule has 0 bridgehead atoms. The van der Waals surface area contributed by atoms with E-state index in [1.165, 1.54) is 18.3 Å². The number of halogens is 2. The summed E-state index contributed by atoms with van der Waals surface area (Å²) in [6, 6.07) is 20.7. The van der Waals surface area contributed by atoms with Gasteiger partial charge in [0.2, 0.25) is 0 Å². The van der Waals surface area contributed by atoms with Gasteiger partial charge in [0.15, 0.2) is 5.76 Å². The van der Waals surface area contributed by atoms with Crippen molar-refractivity contribution >= 4 is 39.0 Å². The van der Waals surface area contributed by atoms with Crippen LogP contribution in [0.25, 0.3) is 11.0 Å². The molecule has 0 radical (unpaired) electrons. The highest BCUT2D eigenvalue weighted by molar-refractivity contribution is 9.10. The van der Waals surface area contributed by atoms with Gasteiger partial charge in [-0.25, -0.2) is 9.82 Å². The number of nitrogens with one attached hydrogen (secondary N) is 1. The molecule has 1 aromatic heterocycles. The van der Waals surface area contributed by atoms with Crippen LogP contribution in [0.2, 0.25) is 0 Å². The van der Waals surface area contributed by atoms with Gasteiger partial charge in [-0.2, -0.15) is 5.10 Å². The van der Waals surface area contributed by atoms with E-state index >= 15 is 0 Å². The second kappa shape index (κ2) is 8.92. The van der Waals surface area contributed by atoms with Crippen molar-refractivity contribution < 1.29 is 18.3 Å². The Morgan fingerprint density at radius 3 is 2.77 bits per heavy atom. The van der Waals surface area contributed by atoms with Crippen molar-refractivity contribution in [2.75, 3.05) is 0 Å². The van der Waals surface area contributed by atoms with Gasteiger partial charge in [0.1, 0.15) is 23.8 Å². The summed E-state index contributed by atoms with van der Waals surface area (Å²) < 4.78 is 25.2. The Balaban J connectivity index is 1.36. The summed E-state index contributed by atoms with van der Waals surface area (Å²) in [7, 11) is 0. The standard InChI is InChI=1S/C23H16BrFN2O3/c24-19-11-15(8-9-21(19)29-14-16-4-3-6-18(25)10-16)13-26-27-23(28)22-12-17-5-1-2-7-20(17)30-22/h1-13H,14H2,(H,27,28)/b26-13+. The Bertz CT molecular complexity index is 1200. The zero-order chi connectivity index (χ0) is 20.9. The molecule has 1 N–H and O–H groups in total. The third kappa shape index (κ3) is 4.75. The quantitative estimate of drug-likeness (QED) is 0.293. The molecule has 3 aromatic carbocycles. The fourth-order valence-electron chi connectivity index (χ4n) is 2.82. The normalized spacial score (nSPS) is 11.1. The number of carbonyl (C=O) groups excluding carboxylic acids is 1. The lowest BCUT2D eigenvalue weighted by atomic mass is 10.2. The first-order valence-corrected chi connectivity index (χ1v) is 9.86. The van der Waals surface area contributed by atoms with Gasteiger partial charge in [-0.15, -0.1) is 0 Å². The predicted octanol–water partition coefficient (Wildman–Crippen LogP) is 5.68. The van der Waals surface area contributed by atoms with Crippen molar-refractivity contribution in [3.8, 4) is 5.75 Å². The molecule has 0 fully saturated rings. The van der Waals surface area contributed by atoms with Crippen LogP contribution in [0.15, 0.2) is 86.8 Å². The smallest absolute Gasteiger partial charge is 0.307 e. The number of hydrazone groups is 1. The van der Waals surface area contributed by atoms with Gasteiger partial charge < -0.3 is 9.15 Å². The van der Waals surface area contributed by atoms with Crippen molar-refractivity contribution in [1.29, 1.82) is 0 Å². The molecular weight excluding hydrogens is 451 g/mol. The lowest BCUT2D eigenvalue weighted by molar-refractivity contribution is 0.0929. The maximum absolute atomic E-state index is 13.2. The Hall–Kier alpha value is -3.45. The van der Waals surface area contributed by atoms with Gasteiger partial charge in [-0.1, -0.05) is 30.3 Å². The number of benzene rings is 3. The summed E-state index contributed by atoms with van der Waals surface area (Å²) >= 11 is 3.45. The zero-order valence-corrected chi connectivity index (χ0v) is 17.2. The number of hydrogen-bond acceptors (Lipinski definition) is 4. The summed E-state index contributed by atoms with van der Waals surface area (Å²) in [4.78, 5) is 12.2. The van der Waals surface area contributed by atoms with Crippen LogP contribution in [0.5, 0.6) is 5.75 Å². The first kappa shape index (κ1) is 19.8. The van der Waals surface area contributed by atoms with E-state index < -0.39 is 5.91 Å². The van der Waals surface area contributed by atoms with Gasteiger partial charge in [0.05, 0.1) is 10.7 Å². The molecule has 4 rings (SSSR count). The van der Waals surface area contributed by atoms with E-state index in [2.05, 4.69) is 26.5 Å². The number of amides is 1. The zero-order valence-electron chi connectivity index (χ0n) is 15.6. The minimum Gasteiger partial charge on any atom is -0.488 e. The van der Waals surface area contributed by atoms with E-state index in [1.807, 2.05) is 18.2 Å². The van der Waals surface area contributed by atoms with Crippen LogP contribution in [0, 0.1) is 5.82 Å². The number of nitrogens with zero attached hydrogens (tertiary/aromatic N) is 1. The van der Waals surface area contributed by atoms with Gasteiger partial charge in [0, 0.05) is 5.39 Å². The van der Waals surface area contributed by atoms with Gasteiger partial charge in [0.25, 0.3) is 0 Å². The molecule has 0 aliphatic carbocycles. The van der Waals surface area contributed by atoms with Crippen molar-refractivity contribution in [2.24, 2.45) is 5.10 Å². The predicted molar refractivity (Wildman–Crippen MR) is 116 cm³/mol. The molecular formula is C23H16BrFN2O3. The molecule has 7 heteroatoms. The molecule has 30 heavy (non-hydrogen) atoms. The number of fused-ring (bicyclic) bond motifs is 1. The molecule has 1 amide bonds. The maximum atomic E-state index is 13.2. The molecule has 0 aliphatic rings. The molecule has 1 heterocycles. The van der Waals surface area contributed by atoms with Crippen LogP contribution in [-0.2, 0) is 6.61 Å². The number of para-hydroxylation sites is 1. The van der Waals surface area contributed by atoms with Crippen LogP contribution >= 0.6 is 15.9 Å². The molecule has 0 atom stereocenters. The Morgan fingerprint density at radius 2 is 1.97 bits per heavy atom. The van der Waals surface area contributed by atoms with Crippen molar-refractivity contribution in [3.63, 3.8) is 0 Å². The second-order valence-electron chi connectivity index (χ2n) is 6.46. The SMILES string of the molecule is O=C(N/N=C/c1ccc(OCc2cccc(F)c2)c(Br)c1)c1cc2ccccc2o1. The third-order valence-electron chi connectivity index (χ3n) is 4.27. The second-order valence-corrected chi connectivity index (χ2v) is 7.31. The van der Waals surface area contributed by atoms with E-state index in [0.717, 1.165) is 16.5 Å². The number of carbonyl (C=O) groups is 1. The summed E-state index contributed by atoms with van der Waals surface area (Å²) in [6.45, 7) is 0.247. The fourth-order valence-corrected chi connectivity index (χ4v) is 3.33. The largest absolute Gasteiger partial charge is 0.488 e. The minimum atomic E-state index is -0.434. The Labute approximate surface area is 180 Å². The van der Waals surface area contributed by atoms with Gasteiger partial charge in [-0.3, -0.25) is 4.79 Å². The number of furan rings is 1. The van der Waals surface area contributed by atoms with Crippen LogP contribution in [0.4, 0.5) is 4.39 Å². The lowest BCUT2D eigenvalue weighted by Gasteiger charge is -2.09. The average molecular weight is 467 g/mol. The summed E-state index contributed by atoms with van der Waals surface area (Å²) in [5.41, 5.74) is 4.58. The maximum Gasteiger partial charge on any atom is 0.307 e. The molecule has 150 valence electrons. The highest BCUT2D eigenvalue weighted by atomic mass is 79.9. The molecule has 4 aromatic rings. The van der Waals surface area contributed by atoms with Crippen LogP contribution in [0.3, 0.4) is 0 Å². The molecule has 0 spiro atoms. The number of hydrogen-bond donors (Lipinski definition) is 1. The Kier molecular flexibility index (Phi) is 5.90. The van der Waals surface area contributed by atoms with E-state index in [0.29, 0.717) is 15.8 Å². The summed E-state index contributed by atoms with van der Waals surface area (Å²) in [5.74, 6) is 0.0707. The highest BCUT2D eigenvalue weighted by Gasteiger charge is 2.11. The van der Waals surface area contributed by atoms with Crippen molar-refractivity contribution in [1.82, 2.24) is 5.43 Å². The summed E-state index contributed by atoms with van der Waals surface area (Å²) in [5, 5.41) is 4.83. The van der Waals surface area contributed by atoms with Crippen LogP contribution in [-0.4, -0.2) is 12.1 Å². The van der Waals surface area contributed by atoms with Crippen LogP contribution < -0.4 is 10.2 Å². The summed E-state index contributed by atoms with van der Waals surface area (Å²) in [6.07, 6.45) is 1.52. The van der Waals surface area contributed by atoms with Crippen molar-refractivity contribution in [2.45, 2.75) is 6.61 Å². The van der Waals surface area contributed by atoms with Crippen LogP contribution in [0.1, 0.15) is 21.7 Å². The van der Waals surface area contributed by atoms with E-state index in [1.54, 1.807) is 42.5 Å². The topological polar surface area (TPSA) is 63.8 Å². The molecule has 0 unspecified atom stereocenters. The lowest BCUT2D eigenvalue weighted by Crippen LogP contribution is -2.16. The molecule has 0 saturated heterocycles. The van der Waals surface area contributed by atoms with Gasteiger partial charge in [-0.05, 0) is 69.5 Å². The third-order valence-corrected chi connectivity index (χ3v) is 4.89. The first-order valence-electron chi connectivity index (χ1n) is 9.07. The molecule has 5 nitrogen and oxygen atoms in total. The molecule has 0 saturated carbocycles. The monoisotopic (exact) mass is 466 g/mol. The fraction of sp³-hybridized carbons (Fsp3) is 0.0435. The first-order chi connectivity index (χ1) is 14.6. The Morgan fingerprint density at radius 1 is 1.10 bits per heavy atom. The van der Waals surface area contributed by atoms with Crippen molar-refractivity contribution in [3.05, 3.63) is 100.0 Å². The minimum absolute atomic E-state index is 0.190. The van der Waals surface area contributed by atoms with E-state index in [-0.39, 0.29) is 18.2 Å². The van der Waals surface area contributed by atoms with Gasteiger partial charge >= 0.3 is 5.91 Å². The highest BCUT2D eigenvalue weighted by Crippen LogP contribution is 2.26.